The van der Waals surface area contributed by atoms with Crippen LogP contribution < -0.4 is 10.1 Å². The summed E-state index contributed by atoms with van der Waals surface area (Å²) in [4.78, 5) is 26.8. The Bertz CT molecular complexity index is 817. The highest BCUT2D eigenvalue weighted by atomic mass is 16.5. The third-order valence-electron chi connectivity index (χ3n) is 5.26. The summed E-state index contributed by atoms with van der Waals surface area (Å²) in [7, 11) is 0. The minimum atomic E-state index is -0.128. The zero-order valence-electron chi connectivity index (χ0n) is 17.5. The number of likely N-dealkylation sites (tertiary alicyclic amines) is 1. The van der Waals surface area contributed by atoms with Crippen LogP contribution in [0.15, 0.2) is 54.6 Å². The van der Waals surface area contributed by atoms with Crippen LogP contribution >= 0.6 is 0 Å². The van der Waals surface area contributed by atoms with Crippen molar-refractivity contribution < 1.29 is 14.3 Å². The predicted molar refractivity (Wildman–Crippen MR) is 114 cm³/mol. The Kier molecular flexibility index (Phi) is 6.57. The van der Waals surface area contributed by atoms with Crippen LogP contribution in [0, 0.1) is 0 Å². The highest BCUT2D eigenvalue weighted by Gasteiger charge is 2.25. The molecule has 0 unspecified atom stereocenters. The lowest BCUT2D eigenvalue weighted by Crippen LogP contribution is -2.47. The topological polar surface area (TPSA) is 58.6 Å². The van der Waals surface area contributed by atoms with Crippen LogP contribution in [0.5, 0.6) is 5.75 Å². The first kappa shape index (κ1) is 20.9. The molecular formula is C24H30N2O3. The van der Waals surface area contributed by atoms with Gasteiger partial charge in [0.25, 0.3) is 11.8 Å². The lowest BCUT2D eigenvalue weighted by molar-refractivity contribution is -0.124. The highest BCUT2D eigenvalue weighted by molar-refractivity contribution is 5.94. The van der Waals surface area contributed by atoms with Gasteiger partial charge in [0.15, 0.2) is 6.61 Å². The third-order valence-corrected chi connectivity index (χ3v) is 5.26. The van der Waals surface area contributed by atoms with Crippen molar-refractivity contribution >= 4 is 11.8 Å². The molecule has 2 aromatic rings. The number of ether oxygens (including phenoxy) is 1. The van der Waals surface area contributed by atoms with Crippen molar-refractivity contribution in [3.8, 4) is 5.75 Å². The number of benzene rings is 2. The third kappa shape index (κ3) is 5.83. The van der Waals surface area contributed by atoms with Crippen molar-refractivity contribution in [2.24, 2.45) is 0 Å². The van der Waals surface area contributed by atoms with Gasteiger partial charge in [-0.2, -0.15) is 0 Å². The Morgan fingerprint density at radius 1 is 1.00 bits per heavy atom. The molecule has 2 amide bonds. The Labute approximate surface area is 173 Å². The number of nitrogens with one attached hydrogen (secondary N) is 1. The highest BCUT2D eigenvalue weighted by Crippen LogP contribution is 2.23. The fraction of sp³-hybridized carbons (Fsp3) is 0.417. The number of nitrogens with zero attached hydrogens (tertiary/aromatic N) is 1. The van der Waals surface area contributed by atoms with Gasteiger partial charge in [-0.25, -0.2) is 0 Å². The minimum absolute atomic E-state index is 0.00326. The Morgan fingerprint density at radius 3 is 2.21 bits per heavy atom. The molecule has 0 aromatic heterocycles. The molecule has 154 valence electrons. The van der Waals surface area contributed by atoms with E-state index in [0.717, 1.165) is 18.4 Å². The van der Waals surface area contributed by atoms with Crippen LogP contribution in [-0.4, -0.2) is 42.5 Å². The smallest absolute Gasteiger partial charge is 0.258 e. The Balaban J connectivity index is 1.45. The van der Waals surface area contributed by atoms with Gasteiger partial charge in [0.2, 0.25) is 0 Å². The fourth-order valence-electron chi connectivity index (χ4n) is 3.46. The first-order valence-electron chi connectivity index (χ1n) is 10.2. The molecule has 5 nitrogen and oxygen atoms in total. The van der Waals surface area contributed by atoms with Gasteiger partial charge in [-0.05, 0) is 48.1 Å². The number of amides is 2. The second-order valence-electron chi connectivity index (χ2n) is 8.56. The summed E-state index contributed by atoms with van der Waals surface area (Å²) in [5.41, 5.74) is 2.01. The molecule has 0 atom stereocenters. The number of hydrogen-bond acceptors (Lipinski definition) is 3. The monoisotopic (exact) mass is 394 g/mol. The molecule has 1 heterocycles. The lowest BCUT2D eigenvalue weighted by Gasteiger charge is -2.32. The first-order valence-corrected chi connectivity index (χ1v) is 10.2. The molecule has 3 rings (SSSR count). The summed E-state index contributed by atoms with van der Waals surface area (Å²) in [5.74, 6) is 0.611. The number of hydrogen-bond donors (Lipinski definition) is 1. The summed E-state index contributed by atoms with van der Waals surface area (Å²) in [6.45, 7) is 7.77. The Morgan fingerprint density at radius 2 is 1.62 bits per heavy atom. The minimum Gasteiger partial charge on any atom is -0.484 e. The van der Waals surface area contributed by atoms with Crippen molar-refractivity contribution in [3.05, 3.63) is 65.7 Å². The number of para-hydroxylation sites is 1. The molecule has 29 heavy (non-hydrogen) atoms. The van der Waals surface area contributed by atoms with E-state index < -0.39 is 0 Å². The molecule has 1 aliphatic rings. The van der Waals surface area contributed by atoms with E-state index in [1.807, 2.05) is 59.5 Å². The largest absolute Gasteiger partial charge is 0.484 e. The van der Waals surface area contributed by atoms with Crippen molar-refractivity contribution in [2.75, 3.05) is 19.7 Å². The fourth-order valence-corrected chi connectivity index (χ4v) is 3.46. The van der Waals surface area contributed by atoms with E-state index >= 15 is 0 Å². The first-order chi connectivity index (χ1) is 13.8. The second-order valence-corrected chi connectivity index (χ2v) is 8.56. The van der Waals surface area contributed by atoms with Gasteiger partial charge in [-0.1, -0.05) is 51.1 Å². The van der Waals surface area contributed by atoms with Crippen LogP contribution in [0.25, 0.3) is 0 Å². The molecule has 0 spiro atoms. The van der Waals surface area contributed by atoms with E-state index in [1.54, 1.807) is 0 Å². The summed E-state index contributed by atoms with van der Waals surface area (Å²) in [6.07, 6.45) is 1.51. The van der Waals surface area contributed by atoms with Crippen molar-refractivity contribution in [3.63, 3.8) is 0 Å². The van der Waals surface area contributed by atoms with Gasteiger partial charge in [0.05, 0.1) is 0 Å². The summed E-state index contributed by atoms with van der Waals surface area (Å²) in [5, 5.41) is 3.01. The molecule has 1 N–H and O–H groups in total. The van der Waals surface area contributed by atoms with Crippen molar-refractivity contribution in [2.45, 2.75) is 45.1 Å². The lowest BCUT2D eigenvalue weighted by atomic mass is 9.86. The second kappa shape index (κ2) is 9.12. The molecule has 2 aromatic carbocycles. The van der Waals surface area contributed by atoms with Gasteiger partial charge in [0.1, 0.15) is 5.75 Å². The zero-order valence-corrected chi connectivity index (χ0v) is 17.5. The van der Waals surface area contributed by atoms with Gasteiger partial charge >= 0.3 is 0 Å². The summed E-state index contributed by atoms with van der Waals surface area (Å²) in [6, 6.07) is 17.3. The average Bonchev–Trinajstić information content (AvgIpc) is 2.72. The molecule has 1 fully saturated rings. The van der Waals surface area contributed by atoms with Gasteiger partial charge in [0, 0.05) is 24.7 Å². The summed E-state index contributed by atoms with van der Waals surface area (Å²) < 4.78 is 5.48. The maximum atomic E-state index is 12.8. The molecule has 1 aliphatic heterocycles. The molecule has 5 heteroatoms. The predicted octanol–water partition coefficient (Wildman–Crippen LogP) is 3.78. The van der Waals surface area contributed by atoms with E-state index in [1.165, 1.54) is 5.56 Å². The van der Waals surface area contributed by atoms with E-state index in [9.17, 15) is 9.59 Å². The molecular weight excluding hydrogens is 364 g/mol. The maximum absolute atomic E-state index is 12.8. The van der Waals surface area contributed by atoms with E-state index in [2.05, 4.69) is 26.1 Å². The average molecular weight is 395 g/mol. The van der Waals surface area contributed by atoms with Gasteiger partial charge in [-0.15, -0.1) is 0 Å². The van der Waals surface area contributed by atoms with Crippen LogP contribution in [-0.2, 0) is 10.2 Å². The van der Waals surface area contributed by atoms with Crippen LogP contribution in [0.1, 0.15) is 49.5 Å². The van der Waals surface area contributed by atoms with E-state index in [4.69, 9.17) is 4.74 Å². The van der Waals surface area contributed by atoms with Gasteiger partial charge < -0.3 is 15.0 Å². The molecule has 0 bridgehead atoms. The molecule has 0 saturated carbocycles. The zero-order chi connectivity index (χ0) is 20.9. The van der Waals surface area contributed by atoms with Crippen LogP contribution in [0.4, 0.5) is 0 Å². The number of rotatable bonds is 5. The molecule has 0 aliphatic carbocycles. The van der Waals surface area contributed by atoms with Crippen molar-refractivity contribution in [1.29, 1.82) is 0 Å². The van der Waals surface area contributed by atoms with Crippen molar-refractivity contribution in [1.82, 2.24) is 10.2 Å². The number of piperidine rings is 1. The number of carbonyl (C=O) groups excluding carboxylic acids is 2. The SMILES string of the molecule is CC(C)(C)c1ccc(C(=O)N2CCC(NC(=O)COc3ccccc3)CC2)cc1. The summed E-state index contributed by atoms with van der Waals surface area (Å²) >= 11 is 0. The van der Waals surface area contributed by atoms with Crippen LogP contribution in [0.3, 0.4) is 0 Å². The quantitative estimate of drug-likeness (QED) is 0.840. The normalized spacial score (nSPS) is 15.1. The standard InChI is InChI=1S/C24H30N2O3/c1-24(2,3)19-11-9-18(10-12-19)23(28)26-15-13-20(14-16-26)25-22(27)17-29-21-7-5-4-6-8-21/h4-12,20H,13-17H2,1-3H3,(H,25,27). The number of carbonyl (C=O) groups is 2. The van der Waals surface area contributed by atoms with Gasteiger partial charge in [-0.3, -0.25) is 9.59 Å². The maximum Gasteiger partial charge on any atom is 0.258 e. The van der Waals surface area contributed by atoms with E-state index in [0.29, 0.717) is 18.8 Å². The van der Waals surface area contributed by atoms with Crippen LogP contribution in [0.2, 0.25) is 0 Å². The Hall–Kier alpha value is -2.82. The molecule has 1 saturated heterocycles. The van der Waals surface area contributed by atoms with E-state index in [-0.39, 0.29) is 29.9 Å². The molecule has 0 radical (unpaired) electrons.